The largest absolute Gasteiger partial charge is 0.378 e. The van der Waals surface area contributed by atoms with Crippen LogP contribution in [0.5, 0.6) is 0 Å². The summed E-state index contributed by atoms with van der Waals surface area (Å²) in [6.45, 7) is 7.29. The number of aryl methyl sites for hydroxylation is 1. The zero-order valence-electron chi connectivity index (χ0n) is 19.6. The molecule has 0 radical (unpaired) electrons. The summed E-state index contributed by atoms with van der Waals surface area (Å²) in [5, 5.41) is 0. The number of aromatic nitrogens is 3. The second-order valence-corrected chi connectivity index (χ2v) is 9.80. The molecule has 2 aromatic heterocycles. The van der Waals surface area contributed by atoms with Gasteiger partial charge in [-0.2, -0.15) is 0 Å². The summed E-state index contributed by atoms with van der Waals surface area (Å²) in [4.78, 5) is 24.0. The summed E-state index contributed by atoms with van der Waals surface area (Å²) in [7, 11) is 0. The van der Waals surface area contributed by atoms with Crippen molar-refractivity contribution in [2.24, 2.45) is 5.41 Å². The number of fused-ring (bicyclic) bond motifs is 1. The van der Waals surface area contributed by atoms with Crippen LogP contribution in [0.1, 0.15) is 48.8 Å². The first-order valence-corrected chi connectivity index (χ1v) is 11.6. The predicted molar refractivity (Wildman–Crippen MR) is 126 cm³/mol. The Bertz CT molecular complexity index is 1240. The zero-order chi connectivity index (χ0) is 24.1. The third-order valence-corrected chi connectivity index (χ3v) is 6.75. The molecular weight excluding hydrogens is 438 g/mol. The van der Waals surface area contributed by atoms with E-state index in [-0.39, 0.29) is 16.8 Å². The molecule has 1 saturated heterocycles. The molecule has 0 amide bonds. The number of carbonyl (C=O) groups excluding carboxylic acids is 1. The van der Waals surface area contributed by atoms with E-state index in [1.165, 1.54) is 6.07 Å². The van der Waals surface area contributed by atoms with E-state index in [1.54, 1.807) is 29.2 Å². The van der Waals surface area contributed by atoms with Gasteiger partial charge in [-0.15, -0.1) is 0 Å². The van der Waals surface area contributed by atoms with Gasteiger partial charge >= 0.3 is 0 Å². The quantitative estimate of drug-likeness (QED) is 0.539. The van der Waals surface area contributed by atoms with Crippen LogP contribution >= 0.6 is 0 Å². The molecule has 1 aliphatic carbocycles. The Balaban J connectivity index is 1.50. The molecule has 1 aromatic carbocycles. The van der Waals surface area contributed by atoms with E-state index in [9.17, 15) is 13.6 Å². The smallest absolute Gasteiger partial charge is 0.270 e. The van der Waals surface area contributed by atoms with Crippen LogP contribution in [-0.2, 0) is 17.1 Å². The fourth-order valence-electron chi connectivity index (χ4n) is 4.55. The maximum atomic E-state index is 14.3. The minimum absolute atomic E-state index is 0.0472. The fourth-order valence-corrected chi connectivity index (χ4v) is 4.55. The average molecular weight is 467 g/mol. The van der Waals surface area contributed by atoms with Crippen LogP contribution in [0.3, 0.4) is 0 Å². The highest BCUT2D eigenvalue weighted by Gasteiger charge is 2.35. The van der Waals surface area contributed by atoms with Crippen molar-refractivity contribution in [2.45, 2.75) is 39.5 Å². The number of hydrogen-bond donors (Lipinski definition) is 0. The van der Waals surface area contributed by atoms with Crippen molar-refractivity contribution in [2.75, 3.05) is 31.2 Å². The summed E-state index contributed by atoms with van der Waals surface area (Å²) in [5.41, 5.74) is 2.98. The minimum Gasteiger partial charge on any atom is -0.378 e. The lowest BCUT2D eigenvalue weighted by Gasteiger charge is -2.30. The number of carbonyl (C=O) groups is 1. The molecule has 0 unspecified atom stereocenters. The fraction of sp³-hybridized carbons (Fsp3) is 0.423. The first-order valence-electron chi connectivity index (χ1n) is 11.6. The number of hydrogen-bond acceptors (Lipinski definition) is 5. The van der Waals surface area contributed by atoms with Crippen LogP contribution in [0.2, 0.25) is 0 Å². The molecule has 1 aliphatic heterocycles. The Morgan fingerprint density at radius 1 is 1.12 bits per heavy atom. The summed E-state index contributed by atoms with van der Waals surface area (Å²) in [6.07, 6.45) is 4.91. The second kappa shape index (κ2) is 8.27. The number of halogens is 2. The predicted octanol–water partition coefficient (Wildman–Crippen LogP) is 5.04. The molecule has 3 heterocycles. The SMILES string of the molecule is CC1(C)CCc2nc(-n3cnc(-c4cc(N5CCOCC5)cc(C(C)(F)F)c4)c3)ccc2C1=O. The van der Waals surface area contributed by atoms with Gasteiger partial charge in [0.25, 0.3) is 5.92 Å². The molecule has 34 heavy (non-hydrogen) atoms. The molecule has 6 nitrogen and oxygen atoms in total. The molecule has 1 fully saturated rings. The normalized spacial score (nSPS) is 18.1. The van der Waals surface area contributed by atoms with Gasteiger partial charge in [-0.25, -0.2) is 18.7 Å². The van der Waals surface area contributed by atoms with Gasteiger partial charge in [0.2, 0.25) is 0 Å². The van der Waals surface area contributed by atoms with Gasteiger partial charge in [-0.3, -0.25) is 9.36 Å². The monoisotopic (exact) mass is 466 g/mol. The molecule has 8 heteroatoms. The van der Waals surface area contributed by atoms with E-state index in [0.29, 0.717) is 48.9 Å². The number of benzene rings is 1. The van der Waals surface area contributed by atoms with E-state index in [0.717, 1.165) is 31.1 Å². The topological polar surface area (TPSA) is 60.3 Å². The van der Waals surface area contributed by atoms with Crippen LogP contribution in [0.4, 0.5) is 14.5 Å². The number of ketones is 1. The van der Waals surface area contributed by atoms with Crippen LogP contribution in [0, 0.1) is 5.41 Å². The van der Waals surface area contributed by atoms with Crippen molar-refractivity contribution in [3.63, 3.8) is 0 Å². The molecule has 0 bridgehead atoms. The Labute approximate surface area is 197 Å². The van der Waals surface area contributed by atoms with Crippen molar-refractivity contribution < 1.29 is 18.3 Å². The van der Waals surface area contributed by atoms with Gasteiger partial charge in [-0.1, -0.05) is 13.8 Å². The first-order chi connectivity index (χ1) is 16.1. The Morgan fingerprint density at radius 3 is 2.62 bits per heavy atom. The average Bonchev–Trinajstić information content (AvgIpc) is 3.32. The molecule has 3 aromatic rings. The maximum Gasteiger partial charge on any atom is 0.270 e. The van der Waals surface area contributed by atoms with Crippen molar-refractivity contribution in [3.05, 3.63) is 59.7 Å². The maximum absolute atomic E-state index is 14.3. The number of nitrogens with zero attached hydrogens (tertiary/aromatic N) is 4. The highest BCUT2D eigenvalue weighted by atomic mass is 19.3. The molecule has 5 rings (SSSR count). The summed E-state index contributed by atoms with van der Waals surface area (Å²) in [6, 6.07) is 8.58. The van der Waals surface area contributed by atoms with Gasteiger partial charge in [0.1, 0.15) is 12.1 Å². The second-order valence-electron chi connectivity index (χ2n) is 9.80. The molecule has 0 atom stereocenters. The van der Waals surface area contributed by atoms with Crippen molar-refractivity contribution in [3.8, 4) is 17.1 Å². The van der Waals surface area contributed by atoms with Gasteiger partial charge in [0.15, 0.2) is 5.78 Å². The van der Waals surface area contributed by atoms with Crippen LogP contribution in [0.25, 0.3) is 17.1 Å². The van der Waals surface area contributed by atoms with Gasteiger partial charge < -0.3 is 9.64 Å². The van der Waals surface area contributed by atoms with Crippen molar-refractivity contribution in [1.82, 2.24) is 14.5 Å². The van der Waals surface area contributed by atoms with Crippen LogP contribution < -0.4 is 4.90 Å². The number of Topliss-reactive ketones (excluding diaryl/α,β-unsaturated/α-hetero) is 1. The molecule has 2 aliphatic rings. The van der Waals surface area contributed by atoms with Gasteiger partial charge in [0, 0.05) is 54.0 Å². The molecule has 0 spiro atoms. The number of morpholine rings is 1. The van der Waals surface area contributed by atoms with Gasteiger partial charge in [0.05, 0.1) is 24.6 Å². The van der Waals surface area contributed by atoms with Gasteiger partial charge in [-0.05, 0) is 43.2 Å². The lowest BCUT2D eigenvalue weighted by Crippen LogP contribution is -2.36. The third kappa shape index (κ3) is 4.22. The van der Waals surface area contributed by atoms with Crippen molar-refractivity contribution in [1.29, 1.82) is 0 Å². The number of anilines is 1. The summed E-state index contributed by atoms with van der Waals surface area (Å²) < 4.78 is 35.8. The van der Waals surface area contributed by atoms with E-state index in [2.05, 4.69) is 9.88 Å². The molecule has 0 N–H and O–H groups in total. The van der Waals surface area contributed by atoms with E-state index in [4.69, 9.17) is 9.72 Å². The molecule has 0 saturated carbocycles. The van der Waals surface area contributed by atoms with E-state index in [1.807, 2.05) is 26.0 Å². The number of imidazole rings is 1. The standard InChI is InChI=1S/C26H28F2N4O2/c1-25(2)7-6-21-20(24(25)33)4-5-23(30-21)32-15-22(29-16-32)17-12-18(26(3,27)28)14-19(13-17)31-8-10-34-11-9-31/h4-5,12-16H,6-11H2,1-3H3. The number of alkyl halides is 2. The lowest BCUT2D eigenvalue weighted by atomic mass is 9.75. The first kappa shape index (κ1) is 22.7. The highest BCUT2D eigenvalue weighted by Crippen LogP contribution is 2.36. The molecule has 178 valence electrons. The van der Waals surface area contributed by atoms with E-state index < -0.39 is 5.92 Å². The van der Waals surface area contributed by atoms with Crippen LogP contribution in [0.15, 0.2) is 42.9 Å². The highest BCUT2D eigenvalue weighted by molar-refractivity contribution is 6.02. The lowest BCUT2D eigenvalue weighted by molar-refractivity contribution is 0.0175. The van der Waals surface area contributed by atoms with Crippen LogP contribution in [-0.4, -0.2) is 46.6 Å². The number of rotatable bonds is 4. The Morgan fingerprint density at radius 2 is 1.88 bits per heavy atom. The summed E-state index contributed by atoms with van der Waals surface area (Å²) in [5.74, 6) is -2.21. The minimum atomic E-state index is -2.97. The Hall–Kier alpha value is -3.13. The van der Waals surface area contributed by atoms with E-state index >= 15 is 0 Å². The molecular formula is C26H28F2N4O2. The number of ether oxygens (including phenoxy) is 1. The van der Waals surface area contributed by atoms with Crippen molar-refractivity contribution >= 4 is 11.5 Å². The zero-order valence-corrected chi connectivity index (χ0v) is 19.6. The Kier molecular flexibility index (Phi) is 5.51. The third-order valence-electron chi connectivity index (χ3n) is 6.75. The number of pyridine rings is 1. The summed E-state index contributed by atoms with van der Waals surface area (Å²) >= 11 is 0.